The molecule has 0 aromatic carbocycles. The lowest BCUT2D eigenvalue weighted by molar-refractivity contribution is 0.348. The summed E-state index contributed by atoms with van der Waals surface area (Å²) in [5, 5.41) is 8.16. The molecule has 0 atom stereocenters. The summed E-state index contributed by atoms with van der Waals surface area (Å²) in [5.41, 5.74) is 3.47. The molecule has 0 fully saturated rings. The Labute approximate surface area is 104 Å². The van der Waals surface area contributed by atoms with Crippen molar-refractivity contribution in [1.82, 2.24) is 5.16 Å². The highest BCUT2D eigenvalue weighted by atomic mass is 32.1. The van der Waals surface area contributed by atoms with Gasteiger partial charge in [-0.05, 0) is 24.3 Å². The third-order valence-electron chi connectivity index (χ3n) is 3.19. The van der Waals surface area contributed by atoms with Crippen LogP contribution >= 0.6 is 11.3 Å². The predicted molar refractivity (Wildman–Crippen MR) is 66.6 cm³/mol. The average molecular weight is 248 g/mol. The number of hydrogen-bond acceptors (Lipinski definition) is 4. The Morgan fingerprint density at radius 1 is 1.59 bits per heavy atom. The summed E-state index contributed by atoms with van der Waals surface area (Å²) in [4.78, 5) is 0. The van der Waals surface area contributed by atoms with Gasteiger partial charge in [0.05, 0.1) is 23.7 Å². The number of rotatable bonds is 2. The molecule has 0 saturated heterocycles. The molecule has 1 aliphatic carbocycles. The van der Waals surface area contributed by atoms with Gasteiger partial charge in [0.1, 0.15) is 0 Å². The van der Waals surface area contributed by atoms with E-state index in [1.807, 2.05) is 13.1 Å². The van der Waals surface area contributed by atoms with Gasteiger partial charge in [0.15, 0.2) is 10.8 Å². The van der Waals surface area contributed by atoms with Gasteiger partial charge in [-0.3, -0.25) is 0 Å². The van der Waals surface area contributed by atoms with Crippen LogP contribution in [0.1, 0.15) is 31.9 Å². The van der Waals surface area contributed by atoms with Crippen molar-refractivity contribution in [3.05, 3.63) is 22.7 Å². The molecule has 0 amide bonds. The van der Waals surface area contributed by atoms with E-state index in [1.165, 1.54) is 16.9 Å². The normalized spacial score (nSPS) is 16.4. The van der Waals surface area contributed by atoms with Crippen molar-refractivity contribution in [2.75, 3.05) is 6.61 Å². The monoisotopic (exact) mass is 248 g/mol. The highest BCUT2D eigenvalue weighted by Crippen LogP contribution is 2.49. The standard InChI is InChI=1S/C13H14NO2S/c1-4-15-12-10-8(7-17-12)5-13(2,3)9-6-14-16-11(9)10/h6H,4-5H2,1-3H3. The molecule has 0 N–H and O–H groups in total. The zero-order chi connectivity index (χ0) is 12.0. The average Bonchev–Trinajstić information content (AvgIpc) is 2.84. The largest absolute Gasteiger partial charge is 0.484 e. The lowest BCUT2D eigenvalue weighted by Gasteiger charge is -2.28. The first-order valence-electron chi connectivity index (χ1n) is 5.75. The minimum Gasteiger partial charge on any atom is -0.484 e. The van der Waals surface area contributed by atoms with E-state index >= 15 is 0 Å². The van der Waals surface area contributed by atoms with Crippen molar-refractivity contribution in [3.63, 3.8) is 0 Å². The van der Waals surface area contributed by atoms with Crippen LogP contribution in [-0.2, 0) is 11.8 Å². The molecule has 17 heavy (non-hydrogen) atoms. The van der Waals surface area contributed by atoms with E-state index in [1.54, 1.807) is 0 Å². The molecule has 89 valence electrons. The first kappa shape index (κ1) is 10.8. The first-order valence-corrected chi connectivity index (χ1v) is 6.57. The highest BCUT2D eigenvalue weighted by Gasteiger charge is 2.37. The fourth-order valence-corrected chi connectivity index (χ4v) is 3.24. The zero-order valence-electron chi connectivity index (χ0n) is 10.2. The zero-order valence-corrected chi connectivity index (χ0v) is 11.0. The highest BCUT2D eigenvalue weighted by molar-refractivity contribution is 7.12. The fourth-order valence-electron chi connectivity index (χ4n) is 2.36. The summed E-state index contributed by atoms with van der Waals surface area (Å²) in [6.45, 7) is 7.06. The van der Waals surface area contributed by atoms with Crippen LogP contribution in [0, 0.1) is 5.38 Å². The second kappa shape index (κ2) is 3.60. The van der Waals surface area contributed by atoms with E-state index in [0.29, 0.717) is 6.61 Å². The summed E-state index contributed by atoms with van der Waals surface area (Å²) in [5.74, 6) is 0.859. The SMILES string of the molecule is CCOc1s[c]c2c1-c1oncc1C(C)(C)C2. The first-order chi connectivity index (χ1) is 8.13. The van der Waals surface area contributed by atoms with Gasteiger partial charge in [-0.15, -0.1) is 0 Å². The smallest absolute Gasteiger partial charge is 0.185 e. The van der Waals surface area contributed by atoms with Crippen LogP contribution < -0.4 is 4.74 Å². The molecule has 0 aliphatic heterocycles. The number of ether oxygens (including phenoxy) is 1. The van der Waals surface area contributed by atoms with Gasteiger partial charge in [0.25, 0.3) is 0 Å². The number of nitrogens with zero attached hydrogens (tertiary/aromatic N) is 1. The number of thiophene rings is 1. The summed E-state index contributed by atoms with van der Waals surface area (Å²) in [7, 11) is 0. The van der Waals surface area contributed by atoms with E-state index in [2.05, 4.69) is 24.4 Å². The third kappa shape index (κ3) is 1.51. The van der Waals surface area contributed by atoms with E-state index in [9.17, 15) is 0 Å². The molecule has 1 radical (unpaired) electrons. The van der Waals surface area contributed by atoms with Gasteiger partial charge in [0, 0.05) is 5.56 Å². The van der Waals surface area contributed by atoms with E-state index in [0.717, 1.165) is 28.4 Å². The molecule has 3 nitrogen and oxygen atoms in total. The Hall–Kier alpha value is -1.29. The van der Waals surface area contributed by atoms with Crippen molar-refractivity contribution < 1.29 is 9.26 Å². The Balaban J connectivity index is 2.20. The Bertz CT molecular complexity index is 554. The van der Waals surface area contributed by atoms with Gasteiger partial charge < -0.3 is 9.26 Å². The molecule has 4 heteroatoms. The maximum atomic E-state index is 5.64. The maximum absolute atomic E-state index is 5.64. The molecular formula is C13H14NO2S. The second-order valence-electron chi connectivity index (χ2n) is 4.91. The lowest BCUT2D eigenvalue weighted by Crippen LogP contribution is -2.23. The summed E-state index contributed by atoms with van der Waals surface area (Å²) in [6, 6.07) is 0. The molecule has 1 aliphatic rings. The number of hydrogen-bond donors (Lipinski definition) is 0. The van der Waals surface area contributed by atoms with Crippen LogP contribution in [0.4, 0.5) is 0 Å². The Morgan fingerprint density at radius 2 is 2.41 bits per heavy atom. The Kier molecular flexibility index (Phi) is 2.30. The van der Waals surface area contributed by atoms with Crippen molar-refractivity contribution in [1.29, 1.82) is 0 Å². The Morgan fingerprint density at radius 3 is 3.18 bits per heavy atom. The second-order valence-corrected chi connectivity index (χ2v) is 5.69. The van der Waals surface area contributed by atoms with E-state index in [4.69, 9.17) is 9.26 Å². The van der Waals surface area contributed by atoms with Gasteiger partial charge in [-0.25, -0.2) is 0 Å². The van der Waals surface area contributed by atoms with Crippen LogP contribution in [0.25, 0.3) is 11.3 Å². The fraction of sp³-hybridized carbons (Fsp3) is 0.462. The van der Waals surface area contributed by atoms with Crippen LogP contribution in [0.2, 0.25) is 0 Å². The number of fused-ring (bicyclic) bond motifs is 3. The molecule has 0 bridgehead atoms. The molecule has 0 unspecified atom stereocenters. The summed E-state index contributed by atoms with van der Waals surface area (Å²) < 4.78 is 11.1. The predicted octanol–water partition coefficient (Wildman–Crippen LogP) is 3.44. The van der Waals surface area contributed by atoms with Crippen molar-refractivity contribution in [2.45, 2.75) is 32.6 Å². The van der Waals surface area contributed by atoms with Gasteiger partial charge >= 0.3 is 0 Å². The van der Waals surface area contributed by atoms with Crippen LogP contribution in [0.15, 0.2) is 10.7 Å². The molecule has 2 heterocycles. The van der Waals surface area contributed by atoms with Crippen molar-refractivity contribution >= 4 is 11.3 Å². The van der Waals surface area contributed by atoms with Gasteiger partial charge in [-0.1, -0.05) is 30.3 Å². The van der Waals surface area contributed by atoms with Crippen LogP contribution in [0.5, 0.6) is 5.06 Å². The molecule has 2 aromatic heterocycles. The third-order valence-corrected chi connectivity index (χ3v) is 4.05. The van der Waals surface area contributed by atoms with Crippen LogP contribution in [0.3, 0.4) is 0 Å². The topological polar surface area (TPSA) is 35.3 Å². The van der Waals surface area contributed by atoms with Gasteiger partial charge in [-0.2, -0.15) is 0 Å². The number of aromatic nitrogens is 1. The summed E-state index contributed by atoms with van der Waals surface area (Å²) in [6.07, 6.45) is 2.78. The minimum atomic E-state index is 0.0589. The molecular weight excluding hydrogens is 234 g/mol. The van der Waals surface area contributed by atoms with E-state index in [-0.39, 0.29) is 5.41 Å². The van der Waals surface area contributed by atoms with Crippen LogP contribution in [-0.4, -0.2) is 11.8 Å². The maximum Gasteiger partial charge on any atom is 0.185 e. The molecule has 2 aromatic rings. The molecule has 3 rings (SSSR count). The molecule has 0 saturated carbocycles. The van der Waals surface area contributed by atoms with Crippen molar-refractivity contribution in [2.24, 2.45) is 0 Å². The van der Waals surface area contributed by atoms with Gasteiger partial charge in [0.2, 0.25) is 0 Å². The molecule has 0 spiro atoms. The quantitative estimate of drug-likeness (QED) is 0.816. The van der Waals surface area contributed by atoms with Crippen molar-refractivity contribution in [3.8, 4) is 16.4 Å². The van der Waals surface area contributed by atoms with E-state index < -0.39 is 0 Å². The summed E-state index contributed by atoms with van der Waals surface area (Å²) >= 11 is 1.52. The minimum absolute atomic E-state index is 0.0589. The lowest BCUT2D eigenvalue weighted by atomic mass is 9.74.